The normalized spacial score (nSPS) is 15.6. The van der Waals surface area contributed by atoms with Crippen molar-refractivity contribution in [3.8, 4) is 11.5 Å². The van der Waals surface area contributed by atoms with Gasteiger partial charge in [-0.05, 0) is 29.8 Å². The van der Waals surface area contributed by atoms with Crippen molar-refractivity contribution in [3.63, 3.8) is 0 Å². The van der Waals surface area contributed by atoms with E-state index in [1.807, 2.05) is 30.3 Å². The SMILES string of the molecule is CN(Cc1ccc(Cl)c(Cl)c1)C(=O)NCC1COc2ccccc2O1. The fourth-order valence-electron chi connectivity index (χ4n) is 2.48. The molecule has 7 heteroatoms. The number of hydrogen-bond donors (Lipinski definition) is 1. The van der Waals surface area contributed by atoms with Crippen LogP contribution in [0.25, 0.3) is 0 Å². The zero-order chi connectivity index (χ0) is 17.8. The van der Waals surface area contributed by atoms with E-state index >= 15 is 0 Å². The largest absolute Gasteiger partial charge is 0.486 e. The van der Waals surface area contributed by atoms with E-state index in [0.29, 0.717) is 35.5 Å². The number of hydrogen-bond acceptors (Lipinski definition) is 3. The lowest BCUT2D eigenvalue weighted by Gasteiger charge is -2.27. The van der Waals surface area contributed by atoms with Crippen LogP contribution in [0.2, 0.25) is 10.0 Å². The second kappa shape index (κ2) is 7.85. The van der Waals surface area contributed by atoms with Crippen LogP contribution in [-0.2, 0) is 6.54 Å². The van der Waals surface area contributed by atoms with Gasteiger partial charge in [0.2, 0.25) is 0 Å². The monoisotopic (exact) mass is 380 g/mol. The molecule has 1 aliphatic heterocycles. The minimum Gasteiger partial charge on any atom is -0.486 e. The van der Waals surface area contributed by atoms with Crippen molar-refractivity contribution < 1.29 is 14.3 Å². The first kappa shape index (κ1) is 17.7. The molecule has 132 valence electrons. The van der Waals surface area contributed by atoms with Crippen LogP contribution in [0.5, 0.6) is 11.5 Å². The molecule has 1 heterocycles. The van der Waals surface area contributed by atoms with Gasteiger partial charge in [0, 0.05) is 13.6 Å². The van der Waals surface area contributed by atoms with Gasteiger partial charge in [-0.2, -0.15) is 0 Å². The Balaban J connectivity index is 1.50. The molecule has 25 heavy (non-hydrogen) atoms. The molecule has 0 bridgehead atoms. The Labute approximate surface area is 156 Å². The smallest absolute Gasteiger partial charge is 0.317 e. The summed E-state index contributed by atoms with van der Waals surface area (Å²) in [6, 6.07) is 12.6. The second-order valence-electron chi connectivity index (χ2n) is 5.79. The molecule has 1 atom stereocenters. The number of nitrogens with one attached hydrogen (secondary N) is 1. The topological polar surface area (TPSA) is 50.8 Å². The summed E-state index contributed by atoms with van der Waals surface area (Å²) in [5.74, 6) is 1.42. The molecule has 2 aromatic carbocycles. The zero-order valence-electron chi connectivity index (χ0n) is 13.7. The molecule has 0 aromatic heterocycles. The third-order valence-corrected chi connectivity index (χ3v) is 4.54. The van der Waals surface area contributed by atoms with Crippen molar-refractivity contribution >= 4 is 29.2 Å². The average Bonchev–Trinajstić information content (AvgIpc) is 2.62. The Kier molecular flexibility index (Phi) is 5.56. The summed E-state index contributed by atoms with van der Waals surface area (Å²) in [6.07, 6.45) is -0.225. The van der Waals surface area contributed by atoms with Gasteiger partial charge in [-0.15, -0.1) is 0 Å². The van der Waals surface area contributed by atoms with E-state index in [4.69, 9.17) is 32.7 Å². The van der Waals surface area contributed by atoms with Crippen LogP contribution in [0, 0.1) is 0 Å². The van der Waals surface area contributed by atoms with Crippen LogP contribution in [0.4, 0.5) is 4.79 Å². The first-order valence-corrected chi connectivity index (χ1v) is 8.60. The second-order valence-corrected chi connectivity index (χ2v) is 6.60. The molecule has 0 saturated heterocycles. The fourth-order valence-corrected chi connectivity index (χ4v) is 2.80. The molecule has 0 radical (unpaired) electrons. The van der Waals surface area contributed by atoms with Crippen LogP contribution < -0.4 is 14.8 Å². The van der Waals surface area contributed by atoms with E-state index in [-0.39, 0.29) is 12.1 Å². The van der Waals surface area contributed by atoms with E-state index in [9.17, 15) is 4.79 Å². The lowest BCUT2D eigenvalue weighted by atomic mass is 10.2. The summed E-state index contributed by atoms with van der Waals surface area (Å²) in [7, 11) is 1.71. The van der Waals surface area contributed by atoms with Gasteiger partial charge in [0.05, 0.1) is 16.6 Å². The number of amides is 2. The highest BCUT2D eigenvalue weighted by molar-refractivity contribution is 6.42. The number of para-hydroxylation sites is 2. The van der Waals surface area contributed by atoms with Gasteiger partial charge in [-0.3, -0.25) is 0 Å². The van der Waals surface area contributed by atoms with Crippen LogP contribution in [0.15, 0.2) is 42.5 Å². The molecular weight excluding hydrogens is 363 g/mol. The molecule has 0 fully saturated rings. The first-order chi connectivity index (χ1) is 12.0. The summed E-state index contributed by atoms with van der Waals surface area (Å²) in [5, 5.41) is 3.82. The quantitative estimate of drug-likeness (QED) is 0.872. The fraction of sp³-hybridized carbons (Fsp3) is 0.278. The highest BCUT2D eigenvalue weighted by atomic mass is 35.5. The third-order valence-electron chi connectivity index (χ3n) is 3.80. The molecule has 1 N–H and O–H groups in total. The van der Waals surface area contributed by atoms with Crippen molar-refractivity contribution in [1.82, 2.24) is 10.2 Å². The molecular formula is C18H18Cl2N2O3. The lowest BCUT2D eigenvalue weighted by molar-refractivity contribution is 0.0904. The van der Waals surface area contributed by atoms with Crippen molar-refractivity contribution in [2.45, 2.75) is 12.6 Å². The molecule has 2 aromatic rings. The highest BCUT2D eigenvalue weighted by Gasteiger charge is 2.21. The van der Waals surface area contributed by atoms with Crippen LogP contribution in [0.3, 0.4) is 0 Å². The molecule has 2 amide bonds. The van der Waals surface area contributed by atoms with Crippen LogP contribution in [-0.4, -0.2) is 37.2 Å². The maximum Gasteiger partial charge on any atom is 0.317 e. The predicted octanol–water partition coefficient (Wildman–Crippen LogP) is 3.97. The summed E-state index contributed by atoms with van der Waals surface area (Å²) in [4.78, 5) is 13.8. The number of carbonyl (C=O) groups is 1. The van der Waals surface area contributed by atoms with Gasteiger partial charge < -0.3 is 19.7 Å². The predicted molar refractivity (Wildman–Crippen MR) is 97.7 cm³/mol. The number of carbonyl (C=O) groups excluding carboxylic acids is 1. The van der Waals surface area contributed by atoms with Gasteiger partial charge in [0.15, 0.2) is 17.6 Å². The Morgan fingerprint density at radius 2 is 1.96 bits per heavy atom. The first-order valence-electron chi connectivity index (χ1n) is 7.84. The van der Waals surface area contributed by atoms with Gasteiger partial charge in [0.25, 0.3) is 0 Å². The number of urea groups is 1. The van der Waals surface area contributed by atoms with Gasteiger partial charge in [-0.1, -0.05) is 41.4 Å². The summed E-state index contributed by atoms with van der Waals surface area (Å²) < 4.78 is 11.5. The highest BCUT2D eigenvalue weighted by Crippen LogP contribution is 2.30. The Bertz CT molecular complexity index is 770. The molecule has 0 spiro atoms. The van der Waals surface area contributed by atoms with E-state index in [0.717, 1.165) is 11.3 Å². The summed E-state index contributed by atoms with van der Waals surface area (Å²) in [6.45, 7) is 1.18. The molecule has 1 aliphatic rings. The Morgan fingerprint density at radius 1 is 1.20 bits per heavy atom. The van der Waals surface area contributed by atoms with Gasteiger partial charge >= 0.3 is 6.03 Å². The number of fused-ring (bicyclic) bond motifs is 1. The average molecular weight is 381 g/mol. The van der Waals surface area contributed by atoms with Crippen LogP contribution in [0.1, 0.15) is 5.56 Å². The third kappa shape index (κ3) is 4.50. The van der Waals surface area contributed by atoms with Crippen molar-refractivity contribution in [2.24, 2.45) is 0 Å². The van der Waals surface area contributed by atoms with Gasteiger partial charge in [-0.25, -0.2) is 4.79 Å². The minimum atomic E-state index is -0.225. The standard InChI is InChI=1S/C18H18Cl2N2O3/c1-22(10-12-6-7-14(19)15(20)8-12)18(23)21-9-13-11-24-16-4-2-3-5-17(16)25-13/h2-8,13H,9-11H2,1H3,(H,21,23). The van der Waals surface area contributed by atoms with E-state index < -0.39 is 0 Å². The maximum absolute atomic E-state index is 12.2. The van der Waals surface area contributed by atoms with E-state index in [1.165, 1.54) is 0 Å². The summed E-state index contributed by atoms with van der Waals surface area (Å²) in [5.41, 5.74) is 0.901. The number of nitrogens with zero attached hydrogens (tertiary/aromatic N) is 1. The van der Waals surface area contributed by atoms with Crippen molar-refractivity contribution in [1.29, 1.82) is 0 Å². The Morgan fingerprint density at radius 3 is 2.72 bits per heavy atom. The van der Waals surface area contributed by atoms with Crippen molar-refractivity contribution in [3.05, 3.63) is 58.1 Å². The number of ether oxygens (including phenoxy) is 2. The summed E-state index contributed by atoms with van der Waals surface area (Å²) >= 11 is 11.9. The molecule has 0 aliphatic carbocycles. The van der Waals surface area contributed by atoms with Crippen molar-refractivity contribution in [2.75, 3.05) is 20.2 Å². The molecule has 0 saturated carbocycles. The van der Waals surface area contributed by atoms with E-state index in [1.54, 1.807) is 24.1 Å². The minimum absolute atomic E-state index is 0.200. The maximum atomic E-state index is 12.2. The number of halogens is 2. The molecule has 1 unspecified atom stereocenters. The lowest BCUT2D eigenvalue weighted by Crippen LogP contribution is -2.44. The number of rotatable bonds is 4. The Hall–Kier alpha value is -2.11. The number of benzene rings is 2. The molecule has 3 rings (SSSR count). The zero-order valence-corrected chi connectivity index (χ0v) is 15.2. The molecule has 5 nitrogen and oxygen atoms in total. The van der Waals surface area contributed by atoms with Crippen LogP contribution >= 0.6 is 23.2 Å². The van der Waals surface area contributed by atoms with E-state index in [2.05, 4.69) is 5.32 Å². The van der Waals surface area contributed by atoms with Gasteiger partial charge in [0.1, 0.15) is 6.61 Å².